The van der Waals surface area contributed by atoms with Crippen LogP contribution in [0.3, 0.4) is 0 Å². The van der Waals surface area contributed by atoms with Crippen molar-refractivity contribution in [3.8, 4) is 0 Å². The van der Waals surface area contributed by atoms with E-state index in [1.54, 1.807) is 0 Å². The minimum absolute atomic E-state index is 0.162. The molecule has 2 rings (SSSR count). The summed E-state index contributed by atoms with van der Waals surface area (Å²) >= 11 is 6.28. The Bertz CT molecular complexity index is 481. The molecule has 4 N–H and O–H groups in total. The van der Waals surface area contributed by atoms with E-state index in [1.165, 1.54) is 0 Å². The fraction of sp³-hybridized carbons (Fsp3) is 0.500. The van der Waals surface area contributed by atoms with Gasteiger partial charge in [-0.15, -0.1) is 0 Å². The molecule has 1 aromatic rings. The van der Waals surface area contributed by atoms with Gasteiger partial charge in [-0.25, -0.2) is 0 Å². The highest BCUT2D eigenvalue weighted by molar-refractivity contribution is 6.31. The van der Waals surface area contributed by atoms with Crippen molar-refractivity contribution in [2.45, 2.75) is 25.0 Å². The Kier molecular flexibility index (Phi) is 4.99. The lowest BCUT2D eigenvalue weighted by atomic mass is 9.96. The summed E-state index contributed by atoms with van der Waals surface area (Å²) < 4.78 is 5.35. The van der Waals surface area contributed by atoms with Crippen LogP contribution in [0.4, 0.5) is 0 Å². The van der Waals surface area contributed by atoms with Crippen LogP contribution in [0.2, 0.25) is 5.02 Å². The summed E-state index contributed by atoms with van der Waals surface area (Å²) in [6, 6.07) is 6.72. The van der Waals surface area contributed by atoms with Crippen LogP contribution in [0.15, 0.2) is 24.3 Å². The molecule has 1 fully saturated rings. The maximum atomic E-state index is 11.6. The molecule has 0 spiro atoms. The molecule has 6 heteroatoms. The molecule has 0 aliphatic carbocycles. The zero-order valence-electron chi connectivity index (χ0n) is 11.5. The van der Waals surface area contributed by atoms with Gasteiger partial charge in [-0.05, 0) is 18.6 Å². The molecule has 20 heavy (non-hydrogen) atoms. The number of amides is 1. The van der Waals surface area contributed by atoms with Gasteiger partial charge in [-0.2, -0.15) is 0 Å². The first kappa shape index (κ1) is 15.3. The van der Waals surface area contributed by atoms with Crippen molar-refractivity contribution < 1.29 is 9.53 Å². The number of benzene rings is 1. The quantitative estimate of drug-likeness (QED) is 0.866. The van der Waals surface area contributed by atoms with E-state index in [0.29, 0.717) is 24.8 Å². The summed E-state index contributed by atoms with van der Waals surface area (Å²) in [6.45, 7) is 3.35. The number of rotatable bonds is 4. The van der Waals surface area contributed by atoms with Crippen LogP contribution in [-0.2, 0) is 9.53 Å². The molecule has 1 aliphatic rings. The number of carbonyl (C=O) groups excluding carboxylic acids is 1. The zero-order chi connectivity index (χ0) is 14.7. The number of ether oxygens (including phenoxy) is 1. The van der Waals surface area contributed by atoms with Gasteiger partial charge in [0.1, 0.15) is 6.04 Å². The van der Waals surface area contributed by atoms with Crippen LogP contribution in [0, 0.1) is 0 Å². The number of nitrogens with two attached hydrogens (primary N) is 2. The third-order valence-electron chi connectivity index (χ3n) is 3.58. The molecular formula is C14H20ClN3O2. The van der Waals surface area contributed by atoms with E-state index >= 15 is 0 Å². The van der Waals surface area contributed by atoms with Gasteiger partial charge in [-0.1, -0.05) is 29.8 Å². The molecule has 0 bridgehead atoms. The Labute approximate surface area is 123 Å². The van der Waals surface area contributed by atoms with E-state index in [2.05, 4.69) is 0 Å². The monoisotopic (exact) mass is 297 g/mol. The van der Waals surface area contributed by atoms with Crippen LogP contribution in [0.25, 0.3) is 0 Å². The van der Waals surface area contributed by atoms with Crippen LogP contribution < -0.4 is 11.5 Å². The second-order valence-corrected chi connectivity index (χ2v) is 5.46. The fourth-order valence-corrected chi connectivity index (χ4v) is 2.92. The average Bonchev–Trinajstić information content (AvgIpc) is 2.41. The molecule has 1 heterocycles. The van der Waals surface area contributed by atoms with E-state index < -0.39 is 11.9 Å². The molecule has 1 aliphatic heterocycles. The van der Waals surface area contributed by atoms with Gasteiger partial charge in [0.2, 0.25) is 5.91 Å². The number of hydrogen-bond donors (Lipinski definition) is 2. The topological polar surface area (TPSA) is 81.6 Å². The summed E-state index contributed by atoms with van der Waals surface area (Å²) in [7, 11) is 0. The number of hydrogen-bond acceptors (Lipinski definition) is 4. The predicted molar refractivity (Wildman–Crippen MR) is 78.3 cm³/mol. The van der Waals surface area contributed by atoms with E-state index in [1.807, 2.05) is 36.1 Å². The molecule has 1 saturated heterocycles. The lowest BCUT2D eigenvalue weighted by molar-refractivity contribution is -0.131. The summed E-state index contributed by atoms with van der Waals surface area (Å²) in [4.78, 5) is 13.6. The molecule has 3 atom stereocenters. The standard InChI is InChI=1S/C14H20ClN3O2/c1-9(16)13(10-4-2-3-5-11(10)15)18-6-7-20-8-12(18)14(17)19/h2-5,9,12-13H,6-8,16H2,1H3,(H2,17,19). The Morgan fingerprint density at radius 1 is 1.50 bits per heavy atom. The van der Waals surface area contributed by atoms with Crippen LogP contribution in [0.1, 0.15) is 18.5 Å². The second kappa shape index (κ2) is 6.54. The first-order chi connectivity index (χ1) is 9.52. The maximum absolute atomic E-state index is 11.6. The van der Waals surface area contributed by atoms with E-state index in [0.717, 1.165) is 5.56 Å². The van der Waals surface area contributed by atoms with E-state index in [4.69, 9.17) is 27.8 Å². The minimum Gasteiger partial charge on any atom is -0.378 e. The van der Waals surface area contributed by atoms with Crippen molar-refractivity contribution in [1.29, 1.82) is 0 Å². The normalized spacial score (nSPS) is 23.2. The Morgan fingerprint density at radius 3 is 2.80 bits per heavy atom. The van der Waals surface area contributed by atoms with Crippen molar-refractivity contribution in [3.63, 3.8) is 0 Å². The number of carbonyl (C=O) groups is 1. The highest BCUT2D eigenvalue weighted by atomic mass is 35.5. The zero-order valence-corrected chi connectivity index (χ0v) is 12.2. The molecule has 110 valence electrons. The van der Waals surface area contributed by atoms with E-state index in [9.17, 15) is 4.79 Å². The largest absolute Gasteiger partial charge is 0.378 e. The highest BCUT2D eigenvalue weighted by Crippen LogP contribution is 2.31. The smallest absolute Gasteiger partial charge is 0.237 e. The summed E-state index contributed by atoms with van der Waals surface area (Å²) in [6.07, 6.45) is 0. The van der Waals surface area contributed by atoms with Gasteiger partial charge in [-0.3, -0.25) is 9.69 Å². The van der Waals surface area contributed by atoms with Gasteiger partial charge >= 0.3 is 0 Å². The fourth-order valence-electron chi connectivity index (χ4n) is 2.67. The molecule has 1 aromatic carbocycles. The SMILES string of the molecule is CC(N)C(c1ccccc1Cl)N1CCOCC1C(N)=O. The minimum atomic E-state index is -0.476. The van der Waals surface area contributed by atoms with Crippen molar-refractivity contribution in [1.82, 2.24) is 4.90 Å². The van der Waals surface area contributed by atoms with Gasteiger partial charge in [0.15, 0.2) is 0 Å². The third kappa shape index (κ3) is 3.12. The first-order valence-electron chi connectivity index (χ1n) is 6.65. The molecule has 0 aromatic heterocycles. The first-order valence-corrected chi connectivity index (χ1v) is 7.03. The summed E-state index contributed by atoms with van der Waals surface area (Å²) in [5.41, 5.74) is 12.5. The van der Waals surface area contributed by atoms with Crippen LogP contribution in [0.5, 0.6) is 0 Å². The van der Waals surface area contributed by atoms with Crippen molar-refractivity contribution in [2.75, 3.05) is 19.8 Å². The van der Waals surface area contributed by atoms with Gasteiger partial charge in [0.25, 0.3) is 0 Å². The highest BCUT2D eigenvalue weighted by Gasteiger charge is 2.36. The Morgan fingerprint density at radius 2 is 2.20 bits per heavy atom. The number of nitrogens with zero attached hydrogens (tertiary/aromatic N) is 1. The maximum Gasteiger partial charge on any atom is 0.237 e. The molecule has 5 nitrogen and oxygen atoms in total. The number of halogens is 1. The lowest BCUT2D eigenvalue weighted by Crippen LogP contribution is -2.56. The molecule has 1 amide bonds. The third-order valence-corrected chi connectivity index (χ3v) is 3.92. The summed E-state index contributed by atoms with van der Waals surface area (Å²) in [5, 5.41) is 0.643. The average molecular weight is 298 g/mol. The number of morpholine rings is 1. The van der Waals surface area contributed by atoms with Crippen LogP contribution in [-0.4, -0.2) is 42.6 Å². The van der Waals surface area contributed by atoms with Crippen LogP contribution >= 0.6 is 11.6 Å². The molecule has 0 radical (unpaired) electrons. The lowest BCUT2D eigenvalue weighted by Gasteiger charge is -2.41. The van der Waals surface area contributed by atoms with Crippen molar-refractivity contribution >= 4 is 17.5 Å². The second-order valence-electron chi connectivity index (χ2n) is 5.06. The Hall–Kier alpha value is -1.14. The molecule has 0 saturated carbocycles. The van der Waals surface area contributed by atoms with Crippen molar-refractivity contribution in [3.05, 3.63) is 34.9 Å². The van der Waals surface area contributed by atoms with Gasteiger partial charge in [0, 0.05) is 17.6 Å². The molecular weight excluding hydrogens is 278 g/mol. The predicted octanol–water partition coefficient (Wildman–Crippen LogP) is 0.914. The summed E-state index contributed by atoms with van der Waals surface area (Å²) in [5.74, 6) is -0.401. The van der Waals surface area contributed by atoms with Crippen molar-refractivity contribution in [2.24, 2.45) is 11.5 Å². The van der Waals surface area contributed by atoms with Gasteiger partial charge < -0.3 is 16.2 Å². The molecule has 3 unspecified atom stereocenters. The van der Waals surface area contributed by atoms with E-state index in [-0.39, 0.29) is 12.1 Å². The Balaban J connectivity index is 2.37. The number of primary amides is 1. The van der Waals surface area contributed by atoms with Gasteiger partial charge in [0.05, 0.1) is 19.3 Å².